The fourth-order valence-electron chi connectivity index (χ4n) is 3.06. The van der Waals surface area contributed by atoms with E-state index in [0.717, 1.165) is 17.7 Å². The largest absolute Gasteiger partial charge is 0.496 e. The molecule has 0 aliphatic carbocycles. The fraction of sp³-hybridized carbons (Fsp3) is 0.240. The van der Waals surface area contributed by atoms with E-state index in [9.17, 15) is 4.79 Å². The van der Waals surface area contributed by atoms with E-state index >= 15 is 0 Å². The molecule has 150 valence electrons. The predicted molar refractivity (Wildman–Crippen MR) is 116 cm³/mol. The Morgan fingerprint density at radius 2 is 1.72 bits per heavy atom. The summed E-state index contributed by atoms with van der Waals surface area (Å²) in [5.74, 6) is 1.40. The molecule has 4 nitrogen and oxygen atoms in total. The highest BCUT2D eigenvalue weighted by atomic mass is 16.5. The highest BCUT2D eigenvalue weighted by Crippen LogP contribution is 2.23. The fourth-order valence-corrected chi connectivity index (χ4v) is 3.06. The van der Waals surface area contributed by atoms with Crippen molar-refractivity contribution in [1.82, 2.24) is 5.32 Å². The molecule has 3 aromatic carbocycles. The van der Waals surface area contributed by atoms with Crippen LogP contribution in [0.25, 0.3) is 0 Å². The van der Waals surface area contributed by atoms with Crippen molar-refractivity contribution in [2.45, 2.75) is 26.9 Å². The molecule has 0 unspecified atom stereocenters. The van der Waals surface area contributed by atoms with Crippen molar-refractivity contribution in [2.75, 3.05) is 13.7 Å². The van der Waals surface area contributed by atoms with Gasteiger partial charge in [-0.15, -0.1) is 0 Å². The quantitative estimate of drug-likeness (QED) is 0.598. The molecule has 0 radical (unpaired) electrons. The van der Waals surface area contributed by atoms with Crippen LogP contribution in [0.15, 0.2) is 66.7 Å². The summed E-state index contributed by atoms with van der Waals surface area (Å²) in [4.78, 5) is 12.6. The Bertz CT molecular complexity index is 967. The number of ether oxygens (including phenoxy) is 2. The highest BCUT2D eigenvalue weighted by Gasteiger charge is 2.11. The summed E-state index contributed by atoms with van der Waals surface area (Å²) in [6.45, 7) is 5.05. The minimum Gasteiger partial charge on any atom is -0.496 e. The maximum Gasteiger partial charge on any atom is 0.251 e. The van der Waals surface area contributed by atoms with Crippen LogP contribution >= 0.6 is 0 Å². The number of hydrogen-bond donors (Lipinski definition) is 1. The normalized spacial score (nSPS) is 10.4. The molecule has 0 bridgehead atoms. The lowest BCUT2D eigenvalue weighted by molar-refractivity contribution is 0.0954. The van der Waals surface area contributed by atoms with E-state index in [2.05, 4.69) is 31.3 Å². The van der Waals surface area contributed by atoms with Crippen LogP contribution in [-0.2, 0) is 13.0 Å². The molecular weight excluding hydrogens is 362 g/mol. The zero-order chi connectivity index (χ0) is 20.6. The van der Waals surface area contributed by atoms with Crippen molar-refractivity contribution in [1.29, 1.82) is 0 Å². The van der Waals surface area contributed by atoms with Gasteiger partial charge >= 0.3 is 0 Å². The Morgan fingerprint density at radius 1 is 0.931 bits per heavy atom. The third-order valence-electron chi connectivity index (χ3n) is 4.96. The molecule has 1 N–H and O–H groups in total. The van der Waals surface area contributed by atoms with Gasteiger partial charge in [0.05, 0.1) is 7.11 Å². The summed E-state index contributed by atoms with van der Waals surface area (Å²) >= 11 is 0. The Morgan fingerprint density at radius 3 is 2.45 bits per heavy atom. The molecule has 0 aliphatic rings. The lowest BCUT2D eigenvalue weighted by Crippen LogP contribution is -2.25. The standard InChI is InChI=1S/C25H27NO3/c1-18-9-11-23(15-19(18)2)29-17-22-16-21(10-12-24(22)28-3)25(27)26-14-13-20-7-5-4-6-8-20/h4-12,15-16H,13-14,17H2,1-3H3,(H,26,27). The van der Waals surface area contributed by atoms with Gasteiger partial charge in [0.25, 0.3) is 5.91 Å². The van der Waals surface area contributed by atoms with E-state index in [1.807, 2.05) is 48.5 Å². The van der Waals surface area contributed by atoms with E-state index in [1.165, 1.54) is 16.7 Å². The van der Waals surface area contributed by atoms with Gasteiger partial charge in [0.15, 0.2) is 0 Å². The average molecular weight is 389 g/mol. The molecule has 0 atom stereocenters. The van der Waals surface area contributed by atoms with E-state index < -0.39 is 0 Å². The molecule has 0 aromatic heterocycles. The van der Waals surface area contributed by atoms with Crippen molar-refractivity contribution in [3.8, 4) is 11.5 Å². The maximum absolute atomic E-state index is 12.6. The summed E-state index contributed by atoms with van der Waals surface area (Å²) in [5.41, 5.74) is 5.04. The molecule has 0 fully saturated rings. The molecule has 29 heavy (non-hydrogen) atoms. The number of aryl methyl sites for hydroxylation is 2. The SMILES string of the molecule is COc1ccc(C(=O)NCCc2ccccc2)cc1COc1ccc(C)c(C)c1. The second kappa shape index (κ2) is 9.78. The van der Waals surface area contributed by atoms with Gasteiger partial charge < -0.3 is 14.8 Å². The molecule has 0 spiro atoms. The zero-order valence-electron chi connectivity index (χ0n) is 17.2. The van der Waals surface area contributed by atoms with E-state index in [4.69, 9.17) is 9.47 Å². The topological polar surface area (TPSA) is 47.6 Å². The second-order valence-corrected chi connectivity index (χ2v) is 7.05. The average Bonchev–Trinajstić information content (AvgIpc) is 2.75. The number of rotatable bonds is 8. The number of amides is 1. The molecule has 3 aromatic rings. The number of benzene rings is 3. The van der Waals surface area contributed by atoms with Crippen molar-refractivity contribution < 1.29 is 14.3 Å². The summed E-state index contributed by atoms with van der Waals surface area (Å²) in [6.07, 6.45) is 0.797. The van der Waals surface area contributed by atoms with Crippen LogP contribution in [0.4, 0.5) is 0 Å². The first kappa shape index (κ1) is 20.5. The smallest absolute Gasteiger partial charge is 0.251 e. The van der Waals surface area contributed by atoms with Gasteiger partial charge in [-0.25, -0.2) is 0 Å². The van der Waals surface area contributed by atoms with Gasteiger partial charge in [0.2, 0.25) is 0 Å². The summed E-state index contributed by atoms with van der Waals surface area (Å²) < 4.78 is 11.4. The molecule has 0 aliphatic heterocycles. The van der Waals surface area contributed by atoms with Crippen LogP contribution < -0.4 is 14.8 Å². The van der Waals surface area contributed by atoms with E-state index in [0.29, 0.717) is 24.5 Å². The lowest BCUT2D eigenvalue weighted by atomic mass is 10.1. The minimum absolute atomic E-state index is 0.101. The number of methoxy groups -OCH3 is 1. The van der Waals surface area contributed by atoms with Gasteiger partial charge in [0.1, 0.15) is 18.1 Å². The molecular formula is C25H27NO3. The van der Waals surface area contributed by atoms with Gasteiger partial charge in [-0.05, 0) is 67.3 Å². The van der Waals surface area contributed by atoms with Crippen LogP contribution in [0.3, 0.4) is 0 Å². The first-order valence-corrected chi connectivity index (χ1v) is 9.76. The van der Waals surface area contributed by atoms with Crippen molar-refractivity contribution in [2.24, 2.45) is 0 Å². The van der Waals surface area contributed by atoms with Crippen LogP contribution in [0.1, 0.15) is 32.6 Å². The number of carbonyl (C=O) groups is 1. The Kier molecular flexibility index (Phi) is 6.90. The van der Waals surface area contributed by atoms with Crippen LogP contribution in [0.2, 0.25) is 0 Å². The van der Waals surface area contributed by atoms with Crippen molar-refractivity contribution >= 4 is 5.91 Å². The van der Waals surface area contributed by atoms with Crippen LogP contribution in [-0.4, -0.2) is 19.6 Å². The molecule has 3 rings (SSSR count). The third kappa shape index (κ3) is 5.61. The van der Waals surface area contributed by atoms with Gasteiger partial charge in [-0.2, -0.15) is 0 Å². The van der Waals surface area contributed by atoms with Gasteiger partial charge in [-0.1, -0.05) is 36.4 Å². The van der Waals surface area contributed by atoms with Crippen LogP contribution in [0, 0.1) is 13.8 Å². The Balaban J connectivity index is 1.64. The molecule has 0 heterocycles. The zero-order valence-corrected chi connectivity index (χ0v) is 17.2. The lowest BCUT2D eigenvalue weighted by Gasteiger charge is -2.13. The predicted octanol–water partition coefficient (Wildman–Crippen LogP) is 4.86. The molecule has 0 saturated heterocycles. The number of hydrogen-bond acceptors (Lipinski definition) is 3. The van der Waals surface area contributed by atoms with Gasteiger partial charge in [-0.3, -0.25) is 4.79 Å². The summed E-state index contributed by atoms with van der Waals surface area (Å²) in [7, 11) is 1.62. The van der Waals surface area contributed by atoms with Crippen molar-refractivity contribution in [3.05, 3.63) is 94.5 Å². The number of nitrogens with one attached hydrogen (secondary N) is 1. The molecule has 1 amide bonds. The molecule has 4 heteroatoms. The Labute approximate surface area is 172 Å². The highest BCUT2D eigenvalue weighted by molar-refractivity contribution is 5.94. The summed E-state index contributed by atoms with van der Waals surface area (Å²) in [6, 6.07) is 21.5. The van der Waals surface area contributed by atoms with Crippen LogP contribution in [0.5, 0.6) is 11.5 Å². The first-order valence-electron chi connectivity index (χ1n) is 9.76. The van der Waals surface area contributed by atoms with E-state index in [1.54, 1.807) is 13.2 Å². The van der Waals surface area contributed by atoms with Crippen molar-refractivity contribution in [3.63, 3.8) is 0 Å². The Hall–Kier alpha value is -3.27. The maximum atomic E-state index is 12.6. The summed E-state index contributed by atoms with van der Waals surface area (Å²) in [5, 5.41) is 2.98. The monoisotopic (exact) mass is 389 g/mol. The first-order chi connectivity index (χ1) is 14.1. The minimum atomic E-state index is -0.101. The van der Waals surface area contributed by atoms with E-state index in [-0.39, 0.29) is 5.91 Å². The third-order valence-corrected chi connectivity index (χ3v) is 4.96. The molecule has 0 saturated carbocycles. The number of carbonyl (C=O) groups excluding carboxylic acids is 1. The second-order valence-electron chi connectivity index (χ2n) is 7.05. The van der Waals surface area contributed by atoms with Gasteiger partial charge in [0, 0.05) is 17.7 Å².